The molecule has 0 saturated carbocycles. The van der Waals surface area contributed by atoms with Gasteiger partial charge in [0.2, 0.25) is 0 Å². The van der Waals surface area contributed by atoms with Crippen LogP contribution in [-0.4, -0.2) is 18.4 Å². The van der Waals surface area contributed by atoms with Gasteiger partial charge in [0.15, 0.2) is 6.29 Å². The molecule has 0 fully saturated rings. The second kappa shape index (κ2) is 4.85. The van der Waals surface area contributed by atoms with Gasteiger partial charge in [0.05, 0.1) is 12.8 Å². The van der Waals surface area contributed by atoms with Gasteiger partial charge in [0, 0.05) is 16.5 Å². The van der Waals surface area contributed by atoms with Gasteiger partial charge in [-0.05, 0) is 42.3 Å². The molecule has 0 aliphatic carbocycles. The van der Waals surface area contributed by atoms with Crippen LogP contribution in [0.15, 0.2) is 42.5 Å². The number of carbonyl (C=O) groups excluding carboxylic acids is 1. The third-order valence-electron chi connectivity index (χ3n) is 3.58. The van der Waals surface area contributed by atoms with Crippen LogP contribution in [0, 0.1) is 6.92 Å². The number of hydrogen-bond donors (Lipinski definition) is 1. The number of methoxy groups -OCH3 is 1. The number of aldehydes is 1. The number of para-hydroxylation sites is 1. The highest BCUT2D eigenvalue weighted by Crippen LogP contribution is 2.31. The Hall–Kier alpha value is -2.55. The van der Waals surface area contributed by atoms with E-state index in [0.717, 1.165) is 39.8 Å². The first-order valence-corrected chi connectivity index (χ1v) is 6.45. The summed E-state index contributed by atoms with van der Waals surface area (Å²) < 4.78 is 5.16. The summed E-state index contributed by atoms with van der Waals surface area (Å²) in [5, 5.41) is 0.964. The third kappa shape index (κ3) is 1.88. The highest BCUT2D eigenvalue weighted by Gasteiger charge is 2.13. The minimum Gasteiger partial charge on any atom is -0.497 e. The van der Waals surface area contributed by atoms with Crippen molar-refractivity contribution in [3.63, 3.8) is 0 Å². The standard InChI is InChI=1S/C17H15NO2/c1-11-4-3-5-14-15(10-19)17(18-16(11)14)12-6-8-13(20-2)9-7-12/h3-10,18H,1-2H3. The van der Waals surface area contributed by atoms with Gasteiger partial charge in [0.1, 0.15) is 5.75 Å². The Morgan fingerprint density at radius 1 is 1.10 bits per heavy atom. The molecular formula is C17H15NO2. The van der Waals surface area contributed by atoms with E-state index in [9.17, 15) is 4.79 Å². The van der Waals surface area contributed by atoms with Crippen LogP contribution in [0.4, 0.5) is 0 Å². The van der Waals surface area contributed by atoms with E-state index in [0.29, 0.717) is 5.56 Å². The van der Waals surface area contributed by atoms with Crippen LogP contribution in [0.25, 0.3) is 22.2 Å². The molecule has 3 heteroatoms. The van der Waals surface area contributed by atoms with E-state index in [1.165, 1.54) is 0 Å². The molecule has 0 bridgehead atoms. The minimum absolute atomic E-state index is 0.703. The van der Waals surface area contributed by atoms with Crippen molar-refractivity contribution in [3.8, 4) is 17.0 Å². The summed E-state index contributed by atoms with van der Waals surface area (Å²) in [6.07, 6.45) is 0.915. The quantitative estimate of drug-likeness (QED) is 0.728. The lowest BCUT2D eigenvalue weighted by atomic mass is 10.1. The molecule has 3 nitrogen and oxygen atoms in total. The smallest absolute Gasteiger partial charge is 0.152 e. The van der Waals surface area contributed by atoms with Gasteiger partial charge in [-0.25, -0.2) is 0 Å². The fourth-order valence-corrected chi connectivity index (χ4v) is 2.49. The van der Waals surface area contributed by atoms with Crippen LogP contribution in [0.1, 0.15) is 15.9 Å². The maximum Gasteiger partial charge on any atom is 0.152 e. The molecule has 20 heavy (non-hydrogen) atoms. The van der Waals surface area contributed by atoms with Crippen molar-refractivity contribution in [3.05, 3.63) is 53.6 Å². The molecule has 1 aromatic heterocycles. The zero-order chi connectivity index (χ0) is 14.1. The van der Waals surface area contributed by atoms with Crippen LogP contribution >= 0.6 is 0 Å². The van der Waals surface area contributed by atoms with Crippen LogP contribution in [-0.2, 0) is 0 Å². The Kier molecular flexibility index (Phi) is 3.03. The SMILES string of the molecule is COc1ccc(-c2[nH]c3c(C)cccc3c2C=O)cc1. The van der Waals surface area contributed by atoms with Crippen LogP contribution in [0.5, 0.6) is 5.75 Å². The van der Waals surface area contributed by atoms with Gasteiger partial charge in [0.25, 0.3) is 0 Å². The monoisotopic (exact) mass is 265 g/mol. The number of rotatable bonds is 3. The number of H-pyrrole nitrogens is 1. The molecule has 3 aromatic rings. The summed E-state index contributed by atoms with van der Waals surface area (Å²) in [7, 11) is 1.64. The van der Waals surface area contributed by atoms with Crippen molar-refractivity contribution < 1.29 is 9.53 Å². The lowest BCUT2D eigenvalue weighted by Gasteiger charge is -2.02. The summed E-state index contributed by atoms with van der Waals surface area (Å²) in [6, 6.07) is 13.7. The summed E-state index contributed by atoms with van der Waals surface area (Å²) in [6.45, 7) is 2.03. The van der Waals surface area contributed by atoms with Crippen molar-refractivity contribution in [2.24, 2.45) is 0 Å². The van der Waals surface area contributed by atoms with E-state index in [1.807, 2.05) is 49.4 Å². The molecule has 1 N–H and O–H groups in total. The van der Waals surface area contributed by atoms with Crippen molar-refractivity contribution in [2.45, 2.75) is 6.92 Å². The molecule has 1 heterocycles. The molecule has 0 radical (unpaired) electrons. The van der Waals surface area contributed by atoms with E-state index < -0.39 is 0 Å². The van der Waals surface area contributed by atoms with Gasteiger partial charge in [-0.1, -0.05) is 18.2 Å². The average molecular weight is 265 g/mol. The van der Waals surface area contributed by atoms with Gasteiger partial charge in [-0.3, -0.25) is 4.79 Å². The molecule has 0 aliphatic heterocycles. The Labute approximate surface area is 117 Å². The van der Waals surface area contributed by atoms with Crippen LogP contribution in [0.2, 0.25) is 0 Å². The summed E-state index contributed by atoms with van der Waals surface area (Å²) >= 11 is 0. The second-order valence-electron chi connectivity index (χ2n) is 4.76. The maximum atomic E-state index is 11.5. The number of carbonyl (C=O) groups is 1. The number of benzene rings is 2. The molecule has 0 unspecified atom stereocenters. The highest BCUT2D eigenvalue weighted by molar-refractivity contribution is 6.05. The van der Waals surface area contributed by atoms with Gasteiger partial charge in [-0.15, -0.1) is 0 Å². The lowest BCUT2D eigenvalue weighted by molar-refractivity contribution is 0.112. The second-order valence-corrected chi connectivity index (χ2v) is 4.76. The Bertz CT molecular complexity index is 770. The molecular weight excluding hydrogens is 250 g/mol. The largest absolute Gasteiger partial charge is 0.497 e. The van der Waals surface area contributed by atoms with E-state index >= 15 is 0 Å². The van der Waals surface area contributed by atoms with Crippen molar-refractivity contribution in [1.82, 2.24) is 4.98 Å². The van der Waals surface area contributed by atoms with E-state index in [2.05, 4.69) is 4.98 Å². The molecule has 0 aliphatic rings. The zero-order valence-corrected chi connectivity index (χ0v) is 11.4. The number of aromatic nitrogens is 1. The fourth-order valence-electron chi connectivity index (χ4n) is 2.49. The van der Waals surface area contributed by atoms with Gasteiger partial charge in [-0.2, -0.15) is 0 Å². The van der Waals surface area contributed by atoms with Gasteiger partial charge < -0.3 is 9.72 Å². The number of hydrogen-bond acceptors (Lipinski definition) is 2. The molecule has 100 valence electrons. The van der Waals surface area contributed by atoms with Gasteiger partial charge >= 0.3 is 0 Å². The Balaban J connectivity index is 2.24. The first kappa shape index (κ1) is 12.5. The van der Waals surface area contributed by atoms with Crippen molar-refractivity contribution in [1.29, 1.82) is 0 Å². The van der Waals surface area contributed by atoms with E-state index in [1.54, 1.807) is 7.11 Å². The lowest BCUT2D eigenvalue weighted by Crippen LogP contribution is -1.86. The number of ether oxygens (including phenoxy) is 1. The fraction of sp³-hybridized carbons (Fsp3) is 0.118. The summed E-state index contributed by atoms with van der Waals surface area (Å²) in [4.78, 5) is 14.8. The normalized spacial score (nSPS) is 10.7. The summed E-state index contributed by atoms with van der Waals surface area (Å²) in [5.74, 6) is 0.800. The maximum absolute atomic E-state index is 11.5. The highest BCUT2D eigenvalue weighted by atomic mass is 16.5. The van der Waals surface area contributed by atoms with Crippen molar-refractivity contribution >= 4 is 17.2 Å². The predicted octanol–water partition coefficient (Wildman–Crippen LogP) is 3.96. The van der Waals surface area contributed by atoms with Crippen LogP contribution in [0.3, 0.4) is 0 Å². The van der Waals surface area contributed by atoms with Crippen LogP contribution < -0.4 is 4.74 Å². The van der Waals surface area contributed by atoms with Crippen molar-refractivity contribution in [2.75, 3.05) is 7.11 Å². The molecule has 3 rings (SSSR count). The minimum atomic E-state index is 0.703. The molecule has 0 spiro atoms. The predicted molar refractivity (Wildman–Crippen MR) is 80.4 cm³/mol. The molecule has 0 atom stereocenters. The van der Waals surface area contributed by atoms with E-state index in [4.69, 9.17) is 4.74 Å². The molecule has 0 saturated heterocycles. The third-order valence-corrected chi connectivity index (χ3v) is 3.58. The average Bonchev–Trinajstić information content (AvgIpc) is 2.87. The van der Waals surface area contributed by atoms with E-state index in [-0.39, 0.29) is 0 Å². The first-order chi connectivity index (χ1) is 9.74. The number of aryl methyl sites for hydroxylation is 1. The Morgan fingerprint density at radius 2 is 1.85 bits per heavy atom. The zero-order valence-electron chi connectivity index (χ0n) is 11.4. The topological polar surface area (TPSA) is 42.1 Å². The molecule has 0 amide bonds. The number of nitrogens with one attached hydrogen (secondary N) is 1. The first-order valence-electron chi connectivity index (χ1n) is 6.45. The summed E-state index contributed by atoms with van der Waals surface area (Å²) in [5.41, 5.74) is 4.68. The Morgan fingerprint density at radius 3 is 2.50 bits per heavy atom. The molecule has 2 aromatic carbocycles. The number of fused-ring (bicyclic) bond motifs is 1. The number of aromatic amines is 1.